The van der Waals surface area contributed by atoms with Gasteiger partial charge in [0.05, 0.1) is 6.61 Å². The normalized spacial score (nSPS) is 11.2. The molecule has 0 aromatic heterocycles. The van der Waals surface area contributed by atoms with Crippen LogP contribution < -0.4 is 15.3 Å². The van der Waals surface area contributed by atoms with Crippen molar-refractivity contribution in [3.8, 4) is 5.75 Å². The molecule has 0 aliphatic carbocycles. The molecule has 0 aliphatic rings. The van der Waals surface area contributed by atoms with E-state index in [0.717, 1.165) is 11.1 Å². The van der Waals surface area contributed by atoms with Crippen molar-refractivity contribution in [1.29, 1.82) is 0 Å². The number of carboxylic acids is 1. The van der Waals surface area contributed by atoms with Gasteiger partial charge >= 0.3 is 5.97 Å². The third-order valence-corrected chi connectivity index (χ3v) is 8.52. The summed E-state index contributed by atoms with van der Waals surface area (Å²) < 4.78 is 20.5. The van der Waals surface area contributed by atoms with Crippen molar-refractivity contribution in [1.82, 2.24) is 0 Å². The molecule has 0 atom stereocenters. The van der Waals surface area contributed by atoms with E-state index in [1.807, 2.05) is 39.0 Å². The zero-order valence-corrected chi connectivity index (χ0v) is 20.1. The first-order valence-corrected chi connectivity index (χ1v) is 12.7. The molecule has 0 bridgehead atoms. The van der Waals surface area contributed by atoms with E-state index in [9.17, 15) is 14.2 Å². The summed E-state index contributed by atoms with van der Waals surface area (Å²) in [6.07, 6.45) is 1.20. The van der Waals surface area contributed by atoms with E-state index in [2.05, 4.69) is 0 Å². The maximum absolute atomic E-state index is 14.5. The second-order valence-corrected chi connectivity index (χ2v) is 10.8. The number of carbonyl (C=O) groups is 2. The third-order valence-electron chi connectivity index (χ3n) is 5.67. The molecule has 0 aliphatic heterocycles. The maximum Gasteiger partial charge on any atom is 0.303 e. The van der Waals surface area contributed by atoms with Gasteiger partial charge in [0.25, 0.3) is 0 Å². The second kappa shape index (κ2) is 10.6. The van der Waals surface area contributed by atoms with E-state index in [0.29, 0.717) is 46.9 Å². The number of ether oxygens (including phenoxy) is 1. The van der Waals surface area contributed by atoms with Gasteiger partial charge in [-0.3, -0.25) is 9.59 Å². The van der Waals surface area contributed by atoms with Gasteiger partial charge in [-0.05, 0) is 44.7 Å². The standard InChI is InChI=1S/C27H29O5P/c1-19-18-20(2)26(32-17-11-10-16-24(28)29)21(3)25(19)27(30)33(31,22-12-6-4-7-13-22)23-14-8-5-9-15-23/h4-9,12-15,18H,10-11,16-17H2,1-3H3,(H,28,29). The molecular weight excluding hydrogens is 435 g/mol. The van der Waals surface area contributed by atoms with Gasteiger partial charge in [0, 0.05) is 28.2 Å². The molecule has 33 heavy (non-hydrogen) atoms. The topological polar surface area (TPSA) is 80.7 Å². The Balaban J connectivity index is 2.04. The predicted octanol–water partition coefficient (Wildman–Crippen LogP) is 5.40. The van der Waals surface area contributed by atoms with Crippen LogP contribution in [0.25, 0.3) is 0 Å². The summed E-state index contributed by atoms with van der Waals surface area (Å²) >= 11 is 0. The second-order valence-electron chi connectivity index (χ2n) is 8.12. The Bertz CT molecular complexity index is 1140. The van der Waals surface area contributed by atoms with Crippen LogP contribution in [0.1, 0.15) is 46.3 Å². The number of carbonyl (C=O) groups excluding carboxylic acids is 1. The van der Waals surface area contributed by atoms with Gasteiger partial charge in [-0.25, -0.2) is 0 Å². The Morgan fingerprint density at radius 1 is 0.848 bits per heavy atom. The highest BCUT2D eigenvalue weighted by Crippen LogP contribution is 2.49. The fourth-order valence-electron chi connectivity index (χ4n) is 4.09. The van der Waals surface area contributed by atoms with Gasteiger partial charge in [0.15, 0.2) is 0 Å². The van der Waals surface area contributed by atoms with E-state index in [1.54, 1.807) is 48.5 Å². The van der Waals surface area contributed by atoms with Gasteiger partial charge < -0.3 is 14.4 Å². The molecule has 5 nitrogen and oxygen atoms in total. The van der Waals surface area contributed by atoms with Crippen LogP contribution in [0.2, 0.25) is 0 Å². The molecular formula is C27H29O5P. The molecule has 3 aromatic rings. The molecule has 0 saturated heterocycles. The van der Waals surface area contributed by atoms with Crippen molar-refractivity contribution in [3.05, 3.63) is 89.0 Å². The van der Waals surface area contributed by atoms with Crippen molar-refractivity contribution < 1.29 is 24.0 Å². The van der Waals surface area contributed by atoms with Crippen LogP contribution in [0.5, 0.6) is 5.75 Å². The largest absolute Gasteiger partial charge is 0.493 e. The van der Waals surface area contributed by atoms with Crippen molar-refractivity contribution >= 4 is 29.2 Å². The maximum atomic E-state index is 14.5. The summed E-state index contributed by atoms with van der Waals surface area (Å²) in [6.45, 7) is 5.93. The lowest BCUT2D eigenvalue weighted by Gasteiger charge is -2.22. The first kappa shape index (κ1) is 24.5. The predicted molar refractivity (Wildman–Crippen MR) is 132 cm³/mol. The van der Waals surface area contributed by atoms with Crippen LogP contribution in [0.15, 0.2) is 66.7 Å². The van der Waals surface area contributed by atoms with E-state index < -0.39 is 18.6 Å². The monoisotopic (exact) mass is 464 g/mol. The van der Waals surface area contributed by atoms with Crippen molar-refractivity contribution in [2.75, 3.05) is 6.61 Å². The molecule has 3 rings (SSSR count). The summed E-state index contributed by atoms with van der Waals surface area (Å²) in [6, 6.07) is 19.7. The molecule has 0 heterocycles. The van der Waals surface area contributed by atoms with Gasteiger partial charge in [0.2, 0.25) is 12.7 Å². The average Bonchev–Trinajstić information content (AvgIpc) is 2.80. The van der Waals surface area contributed by atoms with E-state index in [4.69, 9.17) is 9.84 Å². The highest BCUT2D eigenvalue weighted by atomic mass is 31.2. The zero-order valence-electron chi connectivity index (χ0n) is 19.2. The summed E-state index contributed by atoms with van der Waals surface area (Å²) in [5, 5.41) is 9.80. The Morgan fingerprint density at radius 2 is 1.39 bits per heavy atom. The fraction of sp³-hybridized carbons (Fsp3) is 0.259. The summed E-state index contributed by atoms with van der Waals surface area (Å²) in [4.78, 5) is 24.8. The number of carboxylic acid groups (broad SMARTS) is 1. The third kappa shape index (κ3) is 5.26. The summed E-state index contributed by atoms with van der Waals surface area (Å²) in [5.74, 6) is -0.241. The quantitative estimate of drug-likeness (QED) is 0.321. The van der Waals surface area contributed by atoms with E-state index in [-0.39, 0.29) is 6.42 Å². The Labute approximate surface area is 194 Å². The average molecular weight is 464 g/mol. The number of unbranched alkanes of at least 4 members (excludes halogenated alkanes) is 1. The lowest BCUT2D eigenvalue weighted by atomic mass is 9.99. The van der Waals surface area contributed by atoms with E-state index in [1.165, 1.54) is 0 Å². The number of aryl methyl sites for hydroxylation is 2. The van der Waals surface area contributed by atoms with Crippen LogP contribution in [0.3, 0.4) is 0 Å². The first-order valence-electron chi connectivity index (χ1n) is 11.0. The molecule has 6 heteroatoms. The Kier molecular flexibility index (Phi) is 7.88. The van der Waals surface area contributed by atoms with Crippen LogP contribution >= 0.6 is 7.14 Å². The van der Waals surface area contributed by atoms with Crippen LogP contribution in [-0.4, -0.2) is 23.2 Å². The minimum Gasteiger partial charge on any atom is -0.493 e. The molecule has 172 valence electrons. The van der Waals surface area contributed by atoms with Gasteiger partial charge in [-0.2, -0.15) is 0 Å². The minimum atomic E-state index is -3.63. The fourth-order valence-corrected chi connectivity index (χ4v) is 6.70. The summed E-state index contributed by atoms with van der Waals surface area (Å²) in [7, 11) is -3.63. The molecule has 1 N–H and O–H groups in total. The number of benzene rings is 3. The molecule has 0 amide bonds. The van der Waals surface area contributed by atoms with Gasteiger partial charge in [0.1, 0.15) is 5.75 Å². The van der Waals surface area contributed by atoms with E-state index >= 15 is 0 Å². The van der Waals surface area contributed by atoms with Crippen molar-refractivity contribution in [2.24, 2.45) is 0 Å². The smallest absolute Gasteiger partial charge is 0.303 e. The lowest BCUT2D eigenvalue weighted by Crippen LogP contribution is -2.24. The molecule has 0 radical (unpaired) electrons. The zero-order chi connectivity index (χ0) is 24.0. The number of rotatable bonds is 10. The van der Waals surface area contributed by atoms with Gasteiger partial charge in [-0.1, -0.05) is 66.7 Å². The number of aliphatic carboxylic acids is 1. The highest BCUT2D eigenvalue weighted by Gasteiger charge is 2.38. The van der Waals surface area contributed by atoms with Crippen LogP contribution in [0.4, 0.5) is 0 Å². The van der Waals surface area contributed by atoms with Crippen molar-refractivity contribution in [3.63, 3.8) is 0 Å². The SMILES string of the molecule is Cc1cc(C)c(C(=O)P(=O)(c2ccccc2)c2ccccc2)c(C)c1OCCCCC(=O)O. The molecule has 0 spiro atoms. The highest BCUT2D eigenvalue weighted by molar-refractivity contribution is 7.93. The Hall–Kier alpha value is -3.17. The van der Waals surface area contributed by atoms with Crippen LogP contribution in [0, 0.1) is 20.8 Å². The molecule has 0 unspecified atom stereocenters. The summed E-state index contributed by atoms with van der Waals surface area (Å²) in [5.41, 5.74) is 2.29. The molecule has 0 fully saturated rings. The minimum absolute atomic E-state index is 0.0935. The lowest BCUT2D eigenvalue weighted by molar-refractivity contribution is -0.137. The molecule has 3 aromatic carbocycles. The molecule has 0 saturated carbocycles. The Morgan fingerprint density at radius 3 is 1.91 bits per heavy atom. The number of hydrogen-bond acceptors (Lipinski definition) is 4. The van der Waals surface area contributed by atoms with Gasteiger partial charge in [-0.15, -0.1) is 0 Å². The van der Waals surface area contributed by atoms with Crippen LogP contribution in [-0.2, 0) is 9.36 Å². The van der Waals surface area contributed by atoms with Crippen molar-refractivity contribution in [2.45, 2.75) is 40.0 Å². The first-order chi connectivity index (χ1) is 15.8. The number of hydrogen-bond donors (Lipinski definition) is 1.